The molecule has 0 heterocycles. The first-order chi connectivity index (χ1) is 6.25. The van der Waals surface area contributed by atoms with E-state index in [1.165, 1.54) is 12.8 Å². The molecule has 0 aliphatic heterocycles. The van der Waals surface area contributed by atoms with Crippen LogP contribution in [0.1, 0.15) is 19.8 Å². The Kier molecular flexibility index (Phi) is 5.00. The first-order valence-corrected chi connectivity index (χ1v) is 5.98. The fourth-order valence-corrected chi connectivity index (χ4v) is 2.42. The molecule has 0 bridgehead atoms. The molecule has 3 heteroatoms. The summed E-state index contributed by atoms with van der Waals surface area (Å²) in [6, 6.07) is 6.61. The number of benzene rings is 1. The molecule has 71 valence electrons. The maximum Gasteiger partial charge on any atom is 0.0734 e. The molecule has 0 saturated heterocycles. The first-order valence-electron chi connectivity index (χ1n) is 4.24. The van der Waals surface area contributed by atoms with Gasteiger partial charge in [-0.15, -0.1) is 11.8 Å². The Morgan fingerprint density at radius 3 is 2.92 bits per heavy atom. The van der Waals surface area contributed by atoms with Crippen LogP contribution in [0.15, 0.2) is 17.0 Å². The summed E-state index contributed by atoms with van der Waals surface area (Å²) in [7, 11) is 0. The van der Waals surface area contributed by atoms with Gasteiger partial charge in [0.15, 0.2) is 0 Å². The summed E-state index contributed by atoms with van der Waals surface area (Å²) in [4.78, 5) is 1.05. The Hall–Kier alpha value is 0.150. The largest absolute Gasteiger partial charge is 0.125 e. The molecule has 0 unspecified atom stereocenters. The van der Waals surface area contributed by atoms with Crippen molar-refractivity contribution >= 4 is 35.0 Å². The normalized spacial score (nSPS) is 10.4. The maximum absolute atomic E-state index is 5.99. The monoisotopic (exact) mass is 233 g/mol. The lowest BCUT2D eigenvalue weighted by Gasteiger charge is -2.03. The summed E-state index contributed by atoms with van der Waals surface area (Å²) in [6.07, 6.45) is 2.41. The van der Waals surface area contributed by atoms with Gasteiger partial charge in [-0.1, -0.05) is 42.6 Å². The average molecular weight is 234 g/mol. The summed E-state index contributed by atoms with van der Waals surface area (Å²) in [5.74, 6) is 1.09. The van der Waals surface area contributed by atoms with E-state index in [4.69, 9.17) is 23.2 Å². The summed E-state index contributed by atoms with van der Waals surface area (Å²) in [5.41, 5.74) is 0. The van der Waals surface area contributed by atoms with E-state index in [1.54, 1.807) is 11.8 Å². The van der Waals surface area contributed by atoms with Gasteiger partial charge in [0.2, 0.25) is 0 Å². The third-order valence-corrected chi connectivity index (χ3v) is 3.65. The summed E-state index contributed by atoms with van der Waals surface area (Å²) in [5, 5.41) is 1.15. The molecule has 0 amide bonds. The van der Waals surface area contributed by atoms with Gasteiger partial charge in [-0.3, -0.25) is 0 Å². The molecule has 0 aliphatic carbocycles. The van der Waals surface area contributed by atoms with Crippen LogP contribution in [-0.2, 0) is 0 Å². The van der Waals surface area contributed by atoms with E-state index >= 15 is 0 Å². The van der Waals surface area contributed by atoms with Crippen molar-refractivity contribution in [3.8, 4) is 0 Å². The second-order valence-electron chi connectivity index (χ2n) is 2.67. The van der Waals surface area contributed by atoms with Gasteiger partial charge in [0.05, 0.1) is 10.0 Å². The third kappa shape index (κ3) is 3.41. The lowest BCUT2D eigenvalue weighted by atomic mass is 10.4. The molecule has 0 aromatic heterocycles. The SMILES string of the molecule is CCCCSc1cc[c]c(Cl)c1Cl. The van der Waals surface area contributed by atoms with Crippen molar-refractivity contribution < 1.29 is 0 Å². The van der Waals surface area contributed by atoms with Gasteiger partial charge >= 0.3 is 0 Å². The number of halogens is 2. The fourth-order valence-electron chi connectivity index (χ4n) is 0.873. The van der Waals surface area contributed by atoms with Gasteiger partial charge in [-0.05, 0) is 18.2 Å². The Morgan fingerprint density at radius 2 is 2.23 bits per heavy atom. The van der Waals surface area contributed by atoms with E-state index in [1.807, 2.05) is 12.1 Å². The standard InChI is InChI=1S/C10H11Cl2S/c1-2-3-7-13-9-6-4-5-8(11)10(9)12/h4,6H,2-3,7H2,1H3. The highest BCUT2D eigenvalue weighted by molar-refractivity contribution is 7.99. The van der Waals surface area contributed by atoms with Crippen LogP contribution in [0.5, 0.6) is 0 Å². The minimum atomic E-state index is 0.517. The zero-order valence-corrected chi connectivity index (χ0v) is 9.77. The molecule has 0 fully saturated rings. The molecule has 0 atom stereocenters. The van der Waals surface area contributed by atoms with E-state index in [0.29, 0.717) is 10.0 Å². The highest BCUT2D eigenvalue weighted by Crippen LogP contribution is 2.32. The van der Waals surface area contributed by atoms with Crippen molar-refractivity contribution in [3.05, 3.63) is 28.2 Å². The van der Waals surface area contributed by atoms with Crippen LogP contribution in [0, 0.1) is 6.07 Å². The maximum atomic E-state index is 5.99. The number of thioether (sulfide) groups is 1. The summed E-state index contributed by atoms with van der Waals surface area (Å²) >= 11 is 13.6. The van der Waals surface area contributed by atoms with Gasteiger partial charge in [-0.25, -0.2) is 0 Å². The summed E-state index contributed by atoms with van der Waals surface area (Å²) in [6.45, 7) is 2.17. The van der Waals surface area contributed by atoms with Gasteiger partial charge in [0.25, 0.3) is 0 Å². The van der Waals surface area contributed by atoms with Crippen LogP contribution in [0.3, 0.4) is 0 Å². The minimum absolute atomic E-state index is 0.517. The molecular formula is C10H11Cl2S. The van der Waals surface area contributed by atoms with Gasteiger partial charge in [-0.2, -0.15) is 0 Å². The molecule has 0 saturated carbocycles. The first kappa shape index (κ1) is 11.2. The van der Waals surface area contributed by atoms with Crippen LogP contribution in [-0.4, -0.2) is 5.75 Å². The quantitative estimate of drug-likeness (QED) is 0.538. The van der Waals surface area contributed by atoms with Crippen molar-refractivity contribution in [3.63, 3.8) is 0 Å². The third-order valence-electron chi connectivity index (χ3n) is 1.61. The van der Waals surface area contributed by atoms with Crippen molar-refractivity contribution in [2.24, 2.45) is 0 Å². The van der Waals surface area contributed by atoms with Crippen molar-refractivity contribution in [2.45, 2.75) is 24.7 Å². The van der Waals surface area contributed by atoms with Crippen LogP contribution in [0.4, 0.5) is 0 Å². The zero-order chi connectivity index (χ0) is 9.68. The Bertz CT molecular complexity index is 274. The van der Waals surface area contributed by atoms with Crippen LogP contribution in [0.2, 0.25) is 10.0 Å². The van der Waals surface area contributed by atoms with E-state index in [9.17, 15) is 0 Å². The van der Waals surface area contributed by atoms with Gasteiger partial charge < -0.3 is 0 Å². The Labute approximate surface area is 93.6 Å². The van der Waals surface area contributed by atoms with Gasteiger partial charge in [0, 0.05) is 11.0 Å². The molecule has 1 radical (unpaired) electrons. The predicted molar refractivity (Wildman–Crippen MR) is 60.9 cm³/mol. The van der Waals surface area contributed by atoms with E-state index in [0.717, 1.165) is 10.6 Å². The summed E-state index contributed by atoms with van der Waals surface area (Å²) < 4.78 is 0. The smallest absolute Gasteiger partial charge is 0.0734 e. The van der Waals surface area contributed by atoms with E-state index < -0.39 is 0 Å². The molecule has 0 spiro atoms. The fraction of sp³-hybridized carbons (Fsp3) is 0.400. The lowest BCUT2D eigenvalue weighted by Crippen LogP contribution is -1.80. The minimum Gasteiger partial charge on any atom is -0.125 e. The molecule has 1 rings (SSSR count). The predicted octanol–water partition coefficient (Wildman–Crippen LogP) is 4.69. The highest BCUT2D eigenvalue weighted by Gasteiger charge is 2.03. The van der Waals surface area contributed by atoms with Crippen LogP contribution >= 0.6 is 35.0 Å². The van der Waals surface area contributed by atoms with Gasteiger partial charge in [0.1, 0.15) is 0 Å². The van der Waals surface area contributed by atoms with Crippen molar-refractivity contribution in [1.82, 2.24) is 0 Å². The van der Waals surface area contributed by atoms with Crippen molar-refractivity contribution in [1.29, 1.82) is 0 Å². The molecule has 1 aromatic rings. The molecule has 1 aromatic carbocycles. The molecule has 0 aliphatic rings. The average Bonchev–Trinajstić information content (AvgIpc) is 2.13. The van der Waals surface area contributed by atoms with Crippen LogP contribution in [0.25, 0.3) is 0 Å². The molecule has 13 heavy (non-hydrogen) atoms. The van der Waals surface area contributed by atoms with E-state index in [2.05, 4.69) is 13.0 Å². The second kappa shape index (κ2) is 5.79. The number of rotatable bonds is 4. The molecule has 0 N–H and O–H groups in total. The van der Waals surface area contributed by atoms with Crippen LogP contribution < -0.4 is 0 Å². The Morgan fingerprint density at radius 1 is 1.46 bits per heavy atom. The topological polar surface area (TPSA) is 0 Å². The Balaban J connectivity index is 2.61. The highest BCUT2D eigenvalue weighted by atomic mass is 35.5. The number of unbranched alkanes of at least 4 members (excludes halogenated alkanes) is 1. The lowest BCUT2D eigenvalue weighted by molar-refractivity contribution is 0.896. The molecular weight excluding hydrogens is 223 g/mol. The van der Waals surface area contributed by atoms with E-state index in [-0.39, 0.29) is 0 Å². The van der Waals surface area contributed by atoms with Crippen molar-refractivity contribution in [2.75, 3.05) is 5.75 Å². The number of hydrogen-bond acceptors (Lipinski definition) is 1. The number of hydrogen-bond donors (Lipinski definition) is 0. The zero-order valence-electron chi connectivity index (χ0n) is 7.44. The second-order valence-corrected chi connectivity index (χ2v) is 4.56. The molecule has 0 nitrogen and oxygen atoms in total.